The monoisotopic (exact) mass is 153 g/mol. The molecule has 0 fully saturated rings. The Morgan fingerprint density at radius 3 is 2.27 bits per heavy atom. The van der Waals surface area contributed by atoms with E-state index in [1.54, 1.807) is 20.8 Å². The molecule has 0 aromatic heterocycles. The minimum atomic E-state index is -0.682. The number of carbonyl (C=O) groups excluding carboxylic acids is 1. The molecule has 3 nitrogen and oxygen atoms in total. The molecule has 0 aliphatic carbocycles. The molecule has 3 heteroatoms. The number of carbonyl (C=O) groups is 1. The van der Waals surface area contributed by atoms with Gasteiger partial charge in [-0.15, -0.1) is 0 Å². The van der Waals surface area contributed by atoms with Gasteiger partial charge in [0.15, 0.2) is 5.78 Å². The number of ketones is 1. The maximum atomic E-state index is 11.3. The van der Waals surface area contributed by atoms with Crippen molar-refractivity contribution in [3.63, 3.8) is 0 Å². The quantitative estimate of drug-likeness (QED) is 0.420. The summed E-state index contributed by atoms with van der Waals surface area (Å²) in [5.74, 6) is -0.113. The fourth-order valence-corrected chi connectivity index (χ4v) is 1.18. The highest BCUT2D eigenvalue weighted by Gasteiger charge is 2.36. The summed E-state index contributed by atoms with van der Waals surface area (Å²) in [6.07, 6.45) is 0.829. The highest BCUT2D eigenvalue weighted by atomic mass is 16.2. The molecule has 60 valence electrons. The molecule has 0 saturated heterocycles. The van der Waals surface area contributed by atoms with Crippen LogP contribution in [0.1, 0.15) is 20.8 Å². The van der Waals surface area contributed by atoms with Gasteiger partial charge in [0, 0.05) is 5.71 Å². The van der Waals surface area contributed by atoms with Crippen LogP contribution >= 0.6 is 0 Å². The number of Topliss-reactive ketones (excluding diaryl/α,β-unsaturated/α-hetero) is 1. The van der Waals surface area contributed by atoms with Gasteiger partial charge in [0.05, 0.1) is 11.8 Å². The minimum absolute atomic E-state index is 0.113. The summed E-state index contributed by atoms with van der Waals surface area (Å²) < 4.78 is 0. The van der Waals surface area contributed by atoms with Crippen molar-refractivity contribution in [2.24, 2.45) is 4.99 Å². The second kappa shape index (κ2) is 2.19. The second-order valence-electron chi connectivity index (χ2n) is 3.13. The Labute approximate surface area is 65.4 Å². The van der Waals surface area contributed by atoms with E-state index in [0.29, 0.717) is 11.3 Å². The normalized spacial score (nSPS) is 25.9. The lowest BCUT2D eigenvalue weighted by Crippen LogP contribution is -2.25. The summed E-state index contributed by atoms with van der Waals surface area (Å²) in [5.41, 5.74) is 0.260. The van der Waals surface area contributed by atoms with Gasteiger partial charge in [-0.05, 0) is 20.8 Å². The number of hydrogen-bond acceptors (Lipinski definition) is 3. The van der Waals surface area contributed by atoms with Crippen molar-refractivity contribution in [3.8, 4) is 0 Å². The van der Waals surface area contributed by atoms with Crippen molar-refractivity contribution < 1.29 is 9.90 Å². The Morgan fingerprint density at radius 2 is 2.09 bits per heavy atom. The summed E-state index contributed by atoms with van der Waals surface area (Å²) in [7, 11) is 0. The van der Waals surface area contributed by atoms with Crippen LogP contribution in [0.15, 0.2) is 16.8 Å². The van der Waals surface area contributed by atoms with Crippen LogP contribution in [0.3, 0.4) is 0 Å². The molecule has 0 unspecified atom stereocenters. The molecule has 11 heavy (non-hydrogen) atoms. The highest BCUT2D eigenvalue weighted by Crippen LogP contribution is 2.24. The van der Waals surface area contributed by atoms with Gasteiger partial charge in [-0.1, -0.05) is 0 Å². The van der Waals surface area contributed by atoms with Crippen molar-refractivity contribution >= 4 is 11.5 Å². The van der Waals surface area contributed by atoms with Crippen molar-refractivity contribution in [2.75, 3.05) is 0 Å². The van der Waals surface area contributed by atoms with E-state index in [2.05, 4.69) is 4.99 Å². The first-order chi connectivity index (χ1) is 4.99. The van der Waals surface area contributed by atoms with Crippen LogP contribution in [-0.2, 0) is 4.79 Å². The average molecular weight is 153 g/mol. The lowest BCUT2D eigenvalue weighted by atomic mass is 9.98. The topological polar surface area (TPSA) is 49.7 Å². The average Bonchev–Trinajstić information content (AvgIpc) is 2.04. The van der Waals surface area contributed by atoms with Gasteiger partial charge < -0.3 is 5.11 Å². The van der Waals surface area contributed by atoms with Gasteiger partial charge in [0.25, 0.3) is 0 Å². The lowest BCUT2D eigenvalue weighted by Gasteiger charge is -2.09. The zero-order chi connectivity index (χ0) is 8.65. The molecule has 0 spiro atoms. The van der Waals surface area contributed by atoms with E-state index in [0.717, 1.165) is 6.26 Å². The van der Waals surface area contributed by atoms with Crippen LogP contribution in [0.2, 0.25) is 0 Å². The highest BCUT2D eigenvalue weighted by molar-refractivity contribution is 6.28. The molecule has 1 rings (SSSR count). The molecule has 1 N–H and O–H groups in total. The molecule has 1 heterocycles. The van der Waals surface area contributed by atoms with E-state index >= 15 is 0 Å². The number of aliphatic hydroxyl groups is 1. The van der Waals surface area contributed by atoms with Gasteiger partial charge in [0.1, 0.15) is 5.54 Å². The van der Waals surface area contributed by atoms with Crippen LogP contribution in [-0.4, -0.2) is 22.1 Å². The third-order valence-corrected chi connectivity index (χ3v) is 1.77. The van der Waals surface area contributed by atoms with E-state index in [4.69, 9.17) is 5.11 Å². The standard InChI is InChI=1S/C8H11NO2/c1-5-6(4-10)7(11)8(2,3)9-5/h4,10H,1-3H3/b6-4+. The number of hydrogen-bond donors (Lipinski definition) is 1. The fraction of sp³-hybridized carbons (Fsp3) is 0.500. The number of aliphatic imine (C=N–C) groups is 1. The number of rotatable bonds is 0. The van der Waals surface area contributed by atoms with E-state index in [9.17, 15) is 4.79 Å². The van der Waals surface area contributed by atoms with Crippen molar-refractivity contribution in [3.05, 3.63) is 11.8 Å². The van der Waals surface area contributed by atoms with Gasteiger partial charge in [-0.25, -0.2) is 0 Å². The first-order valence-corrected chi connectivity index (χ1v) is 3.45. The summed E-state index contributed by atoms with van der Waals surface area (Å²) in [4.78, 5) is 15.4. The maximum Gasteiger partial charge on any atom is 0.194 e. The SMILES string of the molecule is CC1=NC(C)(C)C(=O)/C1=C/O. The molecular weight excluding hydrogens is 142 g/mol. The maximum absolute atomic E-state index is 11.3. The van der Waals surface area contributed by atoms with Crippen LogP contribution < -0.4 is 0 Å². The third-order valence-electron chi connectivity index (χ3n) is 1.77. The number of aliphatic hydroxyl groups excluding tert-OH is 1. The Balaban J connectivity index is 3.14. The molecule has 0 aromatic carbocycles. The lowest BCUT2D eigenvalue weighted by molar-refractivity contribution is -0.118. The fourth-order valence-electron chi connectivity index (χ4n) is 1.18. The zero-order valence-electron chi connectivity index (χ0n) is 6.88. The molecule has 1 aliphatic heterocycles. The number of nitrogens with zero attached hydrogens (tertiary/aromatic N) is 1. The third kappa shape index (κ3) is 1.06. The predicted octanol–water partition coefficient (Wildman–Crippen LogP) is 1.25. The van der Waals surface area contributed by atoms with Crippen molar-refractivity contribution in [2.45, 2.75) is 26.3 Å². The Hall–Kier alpha value is -1.12. The minimum Gasteiger partial charge on any atom is -0.515 e. The van der Waals surface area contributed by atoms with E-state index in [1.165, 1.54) is 0 Å². The zero-order valence-corrected chi connectivity index (χ0v) is 6.88. The van der Waals surface area contributed by atoms with E-state index in [-0.39, 0.29) is 5.78 Å². The molecule has 1 aliphatic rings. The van der Waals surface area contributed by atoms with Crippen LogP contribution in [0.5, 0.6) is 0 Å². The Bertz CT molecular complexity index is 261. The molecule has 0 bridgehead atoms. The first kappa shape index (κ1) is 7.98. The largest absolute Gasteiger partial charge is 0.515 e. The van der Waals surface area contributed by atoms with E-state index < -0.39 is 5.54 Å². The van der Waals surface area contributed by atoms with Crippen LogP contribution in [0.25, 0.3) is 0 Å². The first-order valence-electron chi connectivity index (χ1n) is 3.45. The molecule has 0 amide bonds. The molecule has 0 aromatic rings. The summed E-state index contributed by atoms with van der Waals surface area (Å²) >= 11 is 0. The molecule has 0 radical (unpaired) electrons. The van der Waals surface area contributed by atoms with Gasteiger partial charge in [-0.3, -0.25) is 9.79 Å². The Morgan fingerprint density at radius 1 is 1.55 bits per heavy atom. The van der Waals surface area contributed by atoms with Gasteiger partial charge in [-0.2, -0.15) is 0 Å². The predicted molar refractivity (Wildman–Crippen MR) is 42.9 cm³/mol. The van der Waals surface area contributed by atoms with Crippen molar-refractivity contribution in [1.82, 2.24) is 0 Å². The van der Waals surface area contributed by atoms with Crippen LogP contribution in [0, 0.1) is 0 Å². The second-order valence-corrected chi connectivity index (χ2v) is 3.13. The molecule has 0 saturated carbocycles. The molecule has 0 atom stereocenters. The summed E-state index contributed by atoms with van der Waals surface area (Å²) in [5, 5.41) is 8.68. The Kier molecular flexibility index (Phi) is 1.59. The summed E-state index contributed by atoms with van der Waals surface area (Å²) in [6, 6.07) is 0. The van der Waals surface area contributed by atoms with E-state index in [1.807, 2.05) is 0 Å². The summed E-state index contributed by atoms with van der Waals surface area (Å²) in [6.45, 7) is 5.18. The van der Waals surface area contributed by atoms with Crippen LogP contribution in [0.4, 0.5) is 0 Å². The van der Waals surface area contributed by atoms with Crippen molar-refractivity contribution in [1.29, 1.82) is 0 Å². The smallest absolute Gasteiger partial charge is 0.194 e. The van der Waals surface area contributed by atoms with Gasteiger partial charge in [0.2, 0.25) is 0 Å². The van der Waals surface area contributed by atoms with Gasteiger partial charge >= 0.3 is 0 Å². The molecular formula is C8H11NO2.